The Morgan fingerprint density at radius 2 is 1.95 bits per heavy atom. The Hall–Kier alpha value is -1.88. The molecule has 0 saturated heterocycles. The monoisotopic (exact) mass is 264 g/mol. The van der Waals surface area contributed by atoms with E-state index in [0.717, 1.165) is 24.1 Å². The number of carboxylic acid groups (broad SMARTS) is 1. The van der Waals surface area contributed by atoms with Gasteiger partial charge < -0.3 is 15.7 Å². The third-order valence-corrected chi connectivity index (χ3v) is 3.01. The third kappa shape index (κ3) is 4.37. The number of rotatable bonds is 6. The minimum Gasteiger partial charge on any atom is -0.478 e. The van der Waals surface area contributed by atoms with Gasteiger partial charge in [-0.3, -0.25) is 4.79 Å². The summed E-state index contributed by atoms with van der Waals surface area (Å²) >= 11 is 0. The lowest BCUT2D eigenvalue weighted by atomic mass is 10.0. The standard InChI is InChI=1S/C14H20N2O3/c1-9-7-11(8-12(10(9)2)14(18)19)16-13(17)5-4-6-15-3/h7-8,15H,4-6H2,1-3H3,(H,16,17)(H,18,19). The van der Waals surface area contributed by atoms with E-state index in [0.29, 0.717) is 12.1 Å². The molecule has 5 heteroatoms. The number of nitrogens with one attached hydrogen (secondary N) is 2. The number of carbonyl (C=O) groups is 2. The van der Waals surface area contributed by atoms with Crippen LogP contribution in [0.25, 0.3) is 0 Å². The first kappa shape index (κ1) is 15.2. The lowest BCUT2D eigenvalue weighted by Gasteiger charge is -2.10. The number of hydrogen-bond donors (Lipinski definition) is 3. The lowest BCUT2D eigenvalue weighted by Crippen LogP contribution is -2.16. The van der Waals surface area contributed by atoms with Crippen molar-refractivity contribution in [2.75, 3.05) is 18.9 Å². The highest BCUT2D eigenvalue weighted by atomic mass is 16.4. The second-order valence-electron chi connectivity index (χ2n) is 4.53. The third-order valence-electron chi connectivity index (χ3n) is 3.01. The summed E-state index contributed by atoms with van der Waals surface area (Å²) in [5.74, 6) is -1.08. The van der Waals surface area contributed by atoms with Crippen LogP contribution < -0.4 is 10.6 Å². The van der Waals surface area contributed by atoms with Gasteiger partial charge in [0.1, 0.15) is 0 Å². The quantitative estimate of drug-likeness (QED) is 0.686. The number of hydrogen-bond acceptors (Lipinski definition) is 3. The van der Waals surface area contributed by atoms with Crippen molar-refractivity contribution >= 4 is 17.6 Å². The maximum absolute atomic E-state index is 11.7. The van der Waals surface area contributed by atoms with Gasteiger partial charge in [-0.05, 0) is 57.1 Å². The molecule has 104 valence electrons. The molecule has 0 heterocycles. The lowest BCUT2D eigenvalue weighted by molar-refractivity contribution is -0.116. The molecule has 5 nitrogen and oxygen atoms in total. The molecule has 0 fully saturated rings. The van der Waals surface area contributed by atoms with Crippen molar-refractivity contribution in [1.82, 2.24) is 5.32 Å². The van der Waals surface area contributed by atoms with Gasteiger partial charge in [0.2, 0.25) is 5.91 Å². The fraction of sp³-hybridized carbons (Fsp3) is 0.429. The predicted molar refractivity (Wildman–Crippen MR) is 74.7 cm³/mol. The van der Waals surface area contributed by atoms with Gasteiger partial charge >= 0.3 is 5.97 Å². The molecule has 0 unspecified atom stereocenters. The second-order valence-corrected chi connectivity index (χ2v) is 4.53. The molecule has 1 aromatic carbocycles. The van der Waals surface area contributed by atoms with E-state index in [9.17, 15) is 9.59 Å². The summed E-state index contributed by atoms with van der Waals surface area (Å²) in [5.41, 5.74) is 2.34. The fourth-order valence-corrected chi connectivity index (χ4v) is 1.80. The SMILES string of the molecule is CNCCCC(=O)Nc1cc(C)c(C)c(C(=O)O)c1. The Labute approximate surface area is 113 Å². The van der Waals surface area contributed by atoms with Gasteiger partial charge in [0.05, 0.1) is 5.56 Å². The van der Waals surface area contributed by atoms with Crippen LogP contribution in [0.4, 0.5) is 5.69 Å². The number of aryl methyl sites for hydroxylation is 1. The maximum atomic E-state index is 11.7. The van der Waals surface area contributed by atoms with Crippen LogP contribution in [-0.2, 0) is 4.79 Å². The van der Waals surface area contributed by atoms with Gasteiger partial charge in [-0.1, -0.05) is 0 Å². The summed E-state index contributed by atoms with van der Waals surface area (Å²) in [4.78, 5) is 22.8. The number of anilines is 1. The van der Waals surface area contributed by atoms with E-state index in [1.165, 1.54) is 6.07 Å². The van der Waals surface area contributed by atoms with Crippen LogP contribution in [0.15, 0.2) is 12.1 Å². The van der Waals surface area contributed by atoms with Gasteiger partial charge in [-0.2, -0.15) is 0 Å². The van der Waals surface area contributed by atoms with Gasteiger partial charge in [-0.15, -0.1) is 0 Å². The maximum Gasteiger partial charge on any atom is 0.336 e. The first-order valence-corrected chi connectivity index (χ1v) is 6.24. The molecular formula is C14H20N2O3. The minimum atomic E-state index is -0.980. The average Bonchev–Trinajstić information content (AvgIpc) is 2.33. The molecule has 1 aromatic rings. The van der Waals surface area contributed by atoms with E-state index in [1.807, 2.05) is 14.0 Å². The summed E-state index contributed by atoms with van der Waals surface area (Å²) in [7, 11) is 1.83. The van der Waals surface area contributed by atoms with E-state index in [1.54, 1.807) is 13.0 Å². The molecule has 0 aliphatic rings. The molecule has 0 spiro atoms. The molecule has 0 bridgehead atoms. The number of amides is 1. The van der Waals surface area contributed by atoms with Crippen LogP contribution >= 0.6 is 0 Å². The highest BCUT2D eigenvalue weighted by Crippen LogP contribution is 2.20. The van der Waals surface area contributed by atoms with Crippen molar-refractivity contribution in [3.05, 3.63) is 28.8 Å². The van der Waals surface area contributed by atoms with Crippen molar-refractivity contribution in [1.29, 1.82) is 0 Å². The van der Waals surface area contributed by atoms with E-state index in [2.05, 4.69) is 10.6 Å². The molecule has 0 aliphatic heterocycles. The first-order valence-electron chi connectivity index (χ1n) is 6.24. The Balaban J connectivity index is 2.79. The molecule has 0 aliphatic carbocycles. The molecule has 0 radical (unpaired) electrons. The number of carbonyl (C=O) groups excluding carboxylic acids is 1. The van der Waals surface area contributed by atoms with Crippen LogP contribution in [0.3, 0.4) is 0 Å². The van der Waals surface area contributed by atoms with Crippen molar-refractivity contribution < 1.29 is 14.7 Å². The Kier molecular flexibility index (Phi) is 5.51. The van der Waals surface area contributed by atoms with Crippen LogP contribution in [0, 0.1) is 13.8 Å². The molecular weight excluding hydrogens is 244 g/mol. The summed E-state index contributed by atoms with van der Waals surface area (Å²) in [5, 5.41) is 14.8. The molecule has 19 heavy (non-hydrogen) atoms. The molecule has 0 atom stereocenters. The smallest absolute Gasteiger partial charge is 0.336 e. The summed E-state index contributed by atoms with van der Waals surface area (Å²) in [6.07, 6.45) is 1.16. The van der Waals surface area contributed by atoms with E-state index < -0.39 is 5.97 Å². The molecule has 1 amide bonds. The zero-order chi connectivity index (χ0) is 14.4. The fourth-order valence-electron chi connectivity index (χ4n) is 1.80. The van der Waals surface area contributed by atoms with Crippen molar-refractivity contribution in [2.45, 2.75) is 26.7 Å². The van der Waals surface area contributed by atoms with Crippen molar-refractivity contribution in [3.63, 3.8) is 0 Å². The number of benzene rings is 1. The summed E-state index contributed by atoms with van der Waals surface area (Å²) < 4.78 is 0. The first-order chi connectivity index (χ1) is 8.95. The van der Waals surface area contributed by atoms with Gasteiger partial charge in [0.25, 0.3) is 0 Å². The number of aromatic carboxylic acids is 1. The number of carboxylic acids is 1. The van der Waals surface area contributed by atoms with Gasteiger partial charge in [0.15, 0.2) is 0 Å². The average molecular weight is 264 g/mol. The van der Waals surface area contributed by atoms with Crippen LogP contribution in [0.2, 0.25) is 0 Å². The summed E-state index contributed by atoms with van der Waals surface area (Å²) in [6, 6.07) is 3.29. The van der Waals surface area contributed by atoms with Gasteiger partial charge in [-0.25, -0.2) is 4.79 Å². The second kappa shape index (κ2) is 6.89. The predicted octanol–water partition coefficient (Wildman–Crippen LogP) is 1.94. The highest BCUT2D eigenvalue weighted by molar-refractivity contribution is 5.95. The normalized spacial score (nSPS) is 10.3. The molecule has 3 N–H and O–H groups in total. The van der Waals surface area contributed by atoms with Crippen molar-refractivity contribution in [2.24, 2.45) is 0 Å². The van der Waals surface area contributed by atoms with Crippen LogP contribution in [0.5, 0.6) is 0 Å². The largest absolute Gasteiger partial charge is 0.478 e. The van der Waals surface area contributed by atoms with Crippen LogP contribution in [-0.4, -0.2) is 30.6 Å². The van der Waals surface area contributed by atoms with Crippen molar-refractivity contribution in [3.8, 4) is 0 Å². The molecule has 0 aromatic heterocycles. The van der Waals surface area contributed by atoms with E-state index in [-0.39, 0.29) is 11.5 Å². The summed E-state index contributed by atoms with van der Waals surface area (Å²) in [6.45, 7) is 4.37. The van der Waals surface area contributed by atoms with E-state index >= 15 is 0 Å². The Morgan fingerprint density at radius 1 is 1.26 bits per heavy atom. The van der Waals surface area contributed by atoms with Crippen LogP contribution in [0.1, 0.15) is 34.3 Å². The Morgan fingerprint density at radius 3 is 2.53 bits per heavy atom. The highest BCUT2D eigenvalue weighted by Gasteiger charge is 2.12. The zero-order valence-corrected chi connectivity index (χ0v) is 11.5. The van der Waals surface area contributed by atoms with E-state index in [4.69, 9.17) is 5.11 Å². The minimum absolute atomic E-state index is 0.102. The zero-order valence-electron chi connectivity index (χ0n) is 11.5. The van der Waals surface area contributed by atoms with Gasteiger partial charge in [0, 0.05) is 12.1 Å². The molecule has 0 saturated carbocycles. The topological polar surface area (TPSA) is 78.4 Å². The molecule has 1 rings (SSSR count). The Bertz CT molecular complexity index is 484.